The molecule has 0 radical (unpaired) electrons. The molecule has 156 valence electrons. The van der Waals surface area contributed by atoms with Crippen LogP contribution in [0.15, 0.2) is 64.4 Å². The van der Waals surface area contributed by atoms with Crippen molar-refractivity contribution in [1.29, 1.82) is 0 Å². The van der Waals surface area contributed by atoms with Crippen LogP contribution in [-0.2, 0) is 14.8 Å². The molecule has 0 saturated carbocycles. The molecule has 0 saturated heterocycles. The Morgan fingerprint density at radius 3 is 2.37 bits per heavy atom. The largest absolute Gasteiger partial charge is 0.550 e. The number of sulfonamides is 1. The molecule has 2 heterocycles. The Hall–Kier alpha value is -3.59. The first-order chi connectivity index (χ1) is 14.2. The van der Waals surface area contributed by atoms with Gasteiger partial charge in [0.15, 0.2) is 0 Å². The minimum atomic E-state index is -3.73. The first-order valence-corrected chi connectivity index (χ1v) is 10.6. The molecular formula is C21H20N3O5S-. The lowest BCUT2D eigenvalue weighted by Gasteiger charge is -2.09. The molecule has 0 aliphatic rings. The van der Waals surface area contributed by atoms with Gasteiger partial charge < -0.3 is 19.9 Å². The summed E-state index contributed by atoms with van der Waals surface area (Å²) in [4.78, 5) is 27.0. The highest BCUT2D eigenvalue weighted by Gasteiger charge is 2.16. The molecule has 2 aromatic carbocycles. The fourth-order valence-corrected chi connectivity index (χ4v) is 3.91. The summed E-state index contributed by atoms with van der Waals surface area (Å²) < 4.78 is 27.9. The second kappa shape index (κ2) is 8.42. The maximum absolute atomic E-state index is 12.7. The lowest BCUT2D eigenvalue weighted by molar-refractivity contribution is -0.305. The number of aliphatic carboxylic acids is 1. The molecule has 0 aliphatic heterocycles. The van der Waals surface area contributed by atoms with Crippen molar-refractivity contribution in [3.63, 3.8) is 0 Å². The number of aryl methyl sites for hydroxylation is 1. The summed E-state index contributed by atoms with van der Waals surface area (Å²) in [5.41, 5.74) is 2.33. The van der Waals surface area contributed by atoms with Crippen molar-refractivity contribution in [1.82, 2.24) is 9.97 Å². The van der Waals surface area contributed by atoms with Gasteiger partial charge in [0, 0.05) is 34.1 Å². The Balaban J connectivity index is 0.000000461. The van der Waals surface area contributed by atoms with Crippen LogP contribution in [-0.4, -0.2) is 24.4 Å². The number of pyridine rings is 1. The van der Waals surface area contributed by atoms with Crippen LogP contribution in [0.3, 0.4) is 0 Å². The zero-order chi connectivity index (χ0) is 21.9. The summed E-state index contributed by atoms with van der Waals surface area (Å²) >= 11 is 0. The number of carbonyl (C=O) groups excluding carboxylic acids is 1. The van der Waals surface area contributed by atoms with Crippen LogP contribution in [0.4, 0.5) is 5.69 Å². The monoisotopic (exact) mass is 426 g/mol. The lowest BCUT2D eigenvalue weighted by atomic mass is 10.1. The van der Waals surface area contributed by atoms with Crippen molar-refractivity contribution in [3.05, 3.63) is 70.6 Å². The summed E-state index contributed by atoms with van der Waals surface area (Å²) in [6, 6.07) is 13.5. The number of benzene rings is 2. The molecule has 2 aromatic heterocycles. The highest BCUT2D eigenvalue weighted by atomic mass is 32.2. The molecule has 0 bridgehead atoms. The number of fused-ring (bicyclic) bond motifs is 3. The predicted molar refractivity (Wildman–Crippen MR) is 114 cm³/mol. The smallest absolute Gasteiger partial charge is 0.272 e. The minimum absolute atomic E-state index is 0.111. The first-order valence-electron chi connectivity index (χ1n) is 9.13. The van der Waals surface area contributed by atoms with Gasteiger partial charge in [0.2, 0.25) is 0 Å². The van der Waals surface area contributed by atoms with Crippen molar-refractivity contribution in [2.45, 2.75) is 25.2 Å². The Morgan fingerprint density at radius 1 is 1.07 bits per heavy atom. The van der Waals surface area contributed by atoms with Crippen molar-refractivity contribution >= 4 is 43.5 Å². The van der Waals surface area contributed by atoms with E-state index >= 15 is 0 Å². The minimum Gasteiger partial charge on any atom is -0.550 e. The van der Waals surface area contributed by atoms with Gasteiger partial charge in [-0.2, -0.15) is 0 Å². The lowest BCUT2D eigenvalue weighted by Crippen LogP contribution is -2.19. The number of anilines is 1. The zero-order valence-electron chi connectivity index (χ0n) is 16.4. The van der Waals surface area contributed by atoms with E-state index in [1.54, 1.807) is 36.5 Å². The first kappa shape index (κ1) is 21.1. The highest BCUT2D eigenvalue weighted by molar-refractivity contribution is 7.92. The molecule has 9 heteroatoms. The van der Waals surface area contributed by atoms with Gasteiger partial charge in [-0.25, -0.2) is 8.42 Å². The maximum Gasteiger partial charge on any atom is 0.272 e. The topological polar surface area (TPSA) is 135 Å². The second-order valence-electron chi connectivity index (χ2n) is 6.62. The van der Waals surface area contributed by atoms with Gasteiger partial charge in [-0.1, -0.05) is 24.6 Å². The van der Waals surface area contributed by atoms with Gasteiger partial charge in [-0.15, -0.1) is 0 Å². The number of H-pyrrole nitrogens is 2. The van der Waals surface area contributed by atoms with Gasteiger partial charge in [-0.05, 0) is 49.7 Å². The van der Waals surface area contributed by atoms with E-state index in [1.165, 1.54) is 13.0 Å². The third kappa shape index (κ3) is 4.52. The Morgan fingerprint density at radius 2 is 1.73 bits per heavy atom. The van der Waals surface area contributed by atoms with E-state index in [9.17, 15) is 23.1 Å². The molecule has 0 spiro atoms. The quantitative estimate of drug-likeness (QED) is 0.460. The molecule has 8 nitrogen and oxygen atoms in total. The Labute approximate surface area is 172 Å². The van der Waals surface area contributed by atoms with E-state index in [-0.39, 0.29) is 16.9 Å². The summed E-state index contributed by atoms with van der Waals surface area (Å²) in [6.45, 7) is 3.47. The third-order valence-corrected chi connectivity index (χ3v) is 5.79. The van der Waals surface area contributed by atoms with Crippen molar-refractivity contribution in [2.75, 3.05) is 4.72 Å². The maximum atomic E-state index is 12.7. The number of aromatic amines is 2. The van der Waals surface area contributed by atoms with Crippen LogP contribution in [0.2, 0.25) is 0 Å². The summed E-state index contributed by atoms with van der Waals surface area (Å²) in [6.07, 6.45) is 1.77. The van der Waals surface area contributed by atoms with Gasteiger partial charge in [0.05, 0.1) is 4.90 Å². The molecule has 0 atom stereocenters. The van der Waals surface area contributed by atoms with Crippen LogP contribution in [0.5, 0.6) is 0 Å². The number of carboxylic acid groups (broad SMARTS) is 1. The molecule has 0 fully saturated rings. The van der Waals surface area contributed by atoms with Crippen molar-refractivity contribution in [3.8, 4) is 0 Å². The van der Waals surface area contributed by atoms with Gasteiger partial charge in [0.1, 0.15) is 5.52 Å². The number of aromatic nitrogens is 2. The molecule has 4 rings (SSSR count). The van der Waals surface area contributed by atoms with Crippen LogP contribution < -0.4 is 15.4 Å². The summed E-state index contributed by atoms with van der Waals surface area (Å²) in [5.74, 6) is -0.995. The predicted octanol–water partition coefficient (Wildman–Crippen LogP) is 2.26. The number of hydrogen-bond donors (Lipinski definition) is 3. The van der Waals surface area contributed by atoms with E-state index in [4.69, 9.17) is 0 Å². The van der Waals surface area contributed by atoms with Crippen molar-refractivity contribution in [2.24, 2.45) is 0 Å². The fourth-order valence-electron chi connectivity index (χ4n) is 2.82. The SMILES string of the molecule is CCC(=O)[O-].Cc1ccc(NS(=O)(=O)c2ccc3[nH]c(=O)c4[nH]ccc4c3c2)cc1. The Bertz CT molecular complexity index is 1370. The molecule has 0 amide bonds. The molecule has 30 heavy (non-hydrogen) atoms. The summed E-state index contributed by atoms with van der Waals surface area (Å²) in [5, 5.41) is 10.6. The van der Waals surface area contributed by atoms with E-state index in [2.05, 4.69) is 14.7 Å². The van der Waals surface area contributed by atoms with E-state index < -0.39 is 16.0 Å². The molecule has 0 aliphatic carbocycles. The summed E-state index contributed by atoms with van der Waals surface area (Å²) in [7, 11) is -3.73. The van der Waals surface area contributed by atoms with E-state index in [1.807, 2.05) is 19.1 Å². The average Bonchev–Trinajstić information content (AvgIpc) is 3.21. The van der Waals surface area contributed by atoms with E-state index in [0.29, 0.717) is 27.5 Å². The Kier molecular flexibility index (Phi) is 5.93. The zero-order valence-corrected chi connectivity index (χ0v) is 17.2. The molecular weight excluding hydrogens is 406 g/mol. The van der Waals surface area contributed by atoms with Gasteiger partial charge in [-0.3, -0.25) is 9.52 Å². The molecule has 3 N–H and O–H groups in total. The molecule has 0 unspecified atom stereocenters. The standard InChI is InChI=1S/C18H15N3O3S.C3H6O2/c1-11-2-4-12(5-3-11)21-25(23,24)13-6-7-16-15(10-13)14-8-9-19-17(14)18(22)20-16;1-2-3(4)5/h2-10,19,21H,1H3,(H,20,22);2H2,1H3,(H,4,5)/p-1. The highest BCUT2D eigenvalue weighted by Crippen LogP contribution is 2.25. The molecule has 4 aromatic rings. The van der Waals surface area contributed by atoms with Crippen LogP contribution >= 0.6 is 0 Å². The van der Waals surface area contributed by atoms with Crippen LogP contribution in [0, 0.1) is 6.92 Å². The van der Waals surface area contributed by atoms with Gasteiger partial charge >= 0.3 is 0 Å². The number of hydrogen-bond acceptors (Lipinski definition) is 5. The fraction of sp³-hybridized carbons (Fsp3) is 0.143. The van der Waals surface area contributed by atoms with Crippen molar-refractivity contribution < 1.29 is 18.3 Å². The number of carboxylic acids is 1. The normalized spacial score (nSPS) is 11.1. The van der Waals surface area contributed by atoms with Gasteiger partial charge in [0.25, 0.3) is 15.6 Å². The van der Waals surface area contributed by atoms with E-state index in [0.717, 1.165) is 5.56 Å². The third-order valence-electron chi connectivity index (χ3n) is 4.41. The average molecular weight is 426 g/mol. The van der Waals surface area contributed by atoms with Crippen LogP contribution in [0.1, 0.15) is 18.9 Å². The number of rotatable bonds is 4. The second-order valence-corrected chi connectivity index (χ2v) is 8.31. The van der Waals surface area contributed by atoms with Crippen LogP contribution in [0.25, 0.3) is 21.8 Å². The number of carbonyl (C=O) groups is 1. The number of nitrogens with one attached hydrogen (secondary N) is 3.